The lowest BCUT2D eigenvalue weighted by atomic mass is 9.79. The van der Waals surface area contributed by atoms with Gasteiger partial charge in [-0.1, -0.05) is 24.3 Å². The molecule has 0 saturated carbocycles. The predicted octanol–water partition coefficient (Wildman–Crippen LogP) is 1.81. The van der Waals surface area contributed by atoms with E-state index in [1.54, 1.807) is 12.1 Å². The number of Topliss-reactive ketones (excluding diaryl/α,β-unsaturated/α-hetero) is 1. The Morgan fingerprint density at radius 2 is 1.60 bits per heavy atom. The highest BCUT2D eigenvalue weighted by Gasteiger charge is 2.51. The first-order chi connectivity index (χ1) is 9.27. The van der Waals surface area contributed by atoms with Gasteiger partial charge in [0.05, 0.1) is 11.2 Å². The lowest BCUT2D eigenvalue weighted by Gasteiger charge is -2.32. The van der Waals surface area contributed by atoms with E-state index in [9.17, 15) is 4.79 Å². The van der Waals surface area contributed by atoms with Crippen LogP contribution in [0.4, 0.5) is 0 Å². The molecule has 0 spiro atoms. The lowest BCUT2D eigenvalue weighted by molar-refractivity contribution is 0.00578. The fraction of sp³-hybridized carbons (Fsp3) is 0.533. The molecule has 0 N–H and O–H groups in total. The van der Waals surface area contributed by atoms with Crippen molar-refractivity contribution in [3.8, 4) is 0 Å². The second-order valence-electron chi connectivity index (χ2n) is 6.07. The van der Waals surface area contributed by atoms with E-state index in [0.29, 0.717) is 5.56 Å². The van der Waals surface area contributed by atoms with Gasteiger partial charge in [-0.15, -0.1) is 0 Å². The first-order valence-electron chi connectivity index (χ1n) is 6.74. The first-order valence-corrected chi connectivity index (χ1v) is 6.74. The van der Waals surface area contributed by atoms with Crippen LogP contribution >= 0.6 is 0 Å². The van der Waals surface area contributed by atoms with E-state index in [-0.39, 0.29) is 23.6 Å². The number of hydrogen-bond acceptors (Lipinski definition) is 4. The second-order valence-corrected chi connectivity index (χ2v) is 6.07. The predicted molar refractivity (Wildman–Crippen MR) is 78.4 cm³/mol. The average molecular weight is 276 g/mol. The highest BCUT2D eigenvalue weighted by molar-refractivity contribution is 6.62. The van der Waals surface area contributed by atoms with Crippen LogP contribution in [-0.2, 0) is 14.0 Å². The summed E-state index contributed by atoms with van der Waals surface area (Å²) >= 11 is 0. The van der Waals surface area contributed by atoms with E-state index in [4.69, 9.17) is 14.0 Å². The summed E-state index contributed by atoms with van der Waals surface area (Å²) in [4.78, 5) is 11.7. The number of hydrogen-bond donors (Lipinski definition) is 0. The molecule has 0 atom stereocenters. The van der Waals surface area contributed by atoms with Crippen LogP contribution in [0, 0.1) is 0 Å². The van der Waals surface area contributed by atoms with E-state index in [0.717, 1.165) is 5.46 Å². The number of rotatable bonds is 4. The summed E-state index contributed by atoms with van der Waals surface area (Å²) in [5.74, 6) is -0.0343. The molecule has 1 fully saturated rings. The monoisotopic (exact) mass is 276 g/mol. The Labute approximate surface area is 120 Å². The maximum atomic E-state index is 11.7. The zero-order valence-electron chi connectivity index (χ0n) is 12.7. The van der Waals surface area contributed by atoms with Gasteiger partial charge in [-0.25, -0.2) is 0 Å². The van der Waals surface area contributed by atoms with Crippen molar-refractivity contribution in [3.63, 3.8) is 0 Å². The summed E-state index contributed by atoms with van der Waals surface area (Å²) in [7, 11) is 1.11. The number of ether oxygens (including phenoxy) is 1. The minimum absolute atomic E-state index is 0.0343. The molecular formula is C15H21BO4. The first kappa shape index (κ1) is 15.2. The summed E-state index contributed by atoms with van der Waals surface area (Å²) in [5, 5.41) is 0. The molecule has 108 valence electrons. The zero-order valence-corrected chi connectivity index (χ0v) is 12.7. The van der Waals surface area contributed by atoms with E-state index in [2.05, 4.69) is 0 Å². The summed E-state index contributed by atoms with van der Waals surface area (Å²) < 4.78 is 16.8. The maximum Gasteiger partial charge on any atom is 0.494 e. The number of benzene rings is 1. The SMILES string of the molecule is COCC(=O)c1ccc(B2OC(C)(C)C(C)(C)O2)cc1. The molecule has 0 unspecified atom stereocenters. The molecule has 2 rings (SSSR count). The number of carbonyl (C=O) groups excluding carboxylic acids is 1. The molecule has 5 heteroatoms. The van der Waals surface area contributed by atoms with Crippen molar-refractivity contribution >= 4 is 18.4 Å². The Hall–Kier alpha value is -1.17. The standard InChI is InChI=1S/C15H21BO4/c1-14(2)15(3,4)20-16(19-14)12-8-6-11(7-9-12)13(17)10-18-5/h6-9H,10H2,1-5H3. The Kier molecular flexibility index (Phi) is 4.05. The molecule has 1 saturated heterocycles. The van der Waals surface area contributed by atoms with Crippen LogP contribution in [-0.4, -0.2) is 37.8 Å². The second kappa shape index (κ2) is 5.32. The van der Waals surface area contributed by atoms with Crippen LogP contribution in [0.2, 0.25) is 0 Å². The minimum Gasteiger partial charge on any atom is -0.399 e. The fourth-order valence-electron chi connectivity index (χ4n) is 2.02. The Morgan fingerprint density at radius 1 is 1.10 bits per heavy atom. The molecule has 1 aromatic rings. The van der Waals surface area contributed by atoms with Gasteiger partial charge in [0.25, 0.3) is 0 Å². The van der Waals surface area contributed by atoms with E-state index in [1.165, 1.54) is 7.11 Å². The molecule has 0 aliphatic carbocycles. The molecule has 0 radical (unpaired) electrons. The van der Waals surface area contributed by atoms with Crippen molar-refractivity contribution in [1.29, 1.82) is 0 Å². The molecule has 20 heavy (non-hydrogen) atoms. The molecule has 0 aromatic heterocycles. The topological polar surface area (TPSA) is 44.8 Å². The summed E-state index contributed by atoms with van der Waals surface area (Å²) in [6.45, 7) is 8.16. The summed E-state index contributed by atoms with van der Waals surface area (Å²) in [5.41, 5.74) is 0.828. The van der Waals surface area contributed by atoms with Crippen molar-refractivity contribution in [2.45, 2.75) is 38.9 Å². The van der Waals surface area contributed by atoms with E-state index < -0.39 is 7.12 Å². The quantitative estimate of drug-likeness (QED) is 0.621. The zero-order chi connectivity index (χ0) is 15.0. The Balaban J connectivity index is 2.14. The van der Waals surface area contributed by atoms with Gasteiger partial charge in [-0.05, 0) is 33.2 Å². The normalized spacial score (nSPS) is 20.1. The lowest BCUT2D eigenvalue weighted by Crippen LogP contribution is -2.41. The maximum absolute atomic E-state index is 11.7. The molecule has 4 nitrogen and oxygen atoms in total. The smallest absolute Gasteiger partial charge is 0.399 e. The van der Waals surface area contributed by atoms with Gasteiger partial charge in [0.15, 0.2) is 5.78 Å². The van der Waals surface area contributed by atoms with Gasteiger partial charge in [-0.2, -0.15) is 0 Å². The van der Waals surface area contributed by atoms with Gasteiger partial charge in [0.1, 0.15) is 6.61 Å². The van der Waals surface area contributed by atoms with Crippen LogP contribution in [0.5, 0.6) is 0 Å². The van der Waals surface area contributed by atoms with Crippen LogP contribution in [0.25, 0.3) is 0 Å². The van der Waals surface area contributed by atoms with Gasteiger partial charge >= 0.3 is 7.12 Å². The van der Waals surface area contributed by atoms with Gasteiger partial charge in [0, 0.05) is 12.7 Å². The Bertz CT molecular complexity index is 477. The molecular weight excluding hydrogens is 255 g/mol. The van der Waals surface area contributed by atoms with E-state index in [1.807, 2.05) is 39.8 Å². The molecule has 1 aliphatic rings. The molecule has 0 bridgehead atoms. The molecule has 0 amide bonds. The third-order valence-electron chi connectivity index (χ3n) is 4.03. The Morgan fingerprint density at radius 3 is 2.05 bits per heavy atom. The third kappa shape index (κ3) is 2.80. The van der Waals surface area contributed by atoms with Crippen LogP contribution in [0.3, 0.4) is 0 Å². The minimum atomic E-state index is -0.397. The number of carbonyl (C=O) groups is 1. The summed E-state index contributed by atoms with van der Waals surface area (Å²) in [6.07, 6.45) is 0. The third-order valence-corrected chi connectivity index (χ3v) is 4.03. The highest BCUT2D eigenvalue weighted by Crippen LogP contribution is 2.36. The summed E-state index contributed by atoms with van der Waals surface area (Å²) in [6, 6.07) is 7.29. The largest absolute Gasteiger partial charge is 0.494 e. The average Bonchev–Trinajstić information content (AvgIpc) is 2.59. The van der Waals surface area contributed by atoms with Crippen molar-refractivity contribution in [2.24, 2.45) is 0 Å². The van der Waals surface area contributed by atoms with Crippen LogP contribution < -0.4 is 5.46 Å². The highest BCUT2D eigenvalue weighted by atomic mass is 16.7. The van der Waals surface area contributed by atoms with Crippen molar-refractivity contribution in [2.75, 3.05) is 13.7 Å². The number of methoxy groups -OCH3 is 1. The fourth-order valence-corrected chi connectivity index (χ4v) is 2.02. The van der Waals surface area contributed by atoms with Crippen molar-refractivity contribution in [1.82, 2.24) is 0 Å². The number of ketones is 1. The van der Waals surface area contributed by atoms with Gasteiger partial charge in [-0.3, -0.25) is 4.79 Å². The van der Waals surface area contributed by atoms with Gasteiger partial charge in [0.2, 0.25) is 0 Å². The molecule has 1 heterocycles. The van der Waals surface area contributed by atoms with Gasteiger partial charge < -0.3 is 14.0 Å². The van der Waals surface area contributed by atoms with Crippen LogP contribution in [0.1, 0.15) is 38.1 Å². The van der Waals surface area contributed by atoms with Crippen molar-refractivity contribution < 1.29 is 18.8 Å². The van der Waals surface area contributed by atoms with Crippen LogP contribution in [0.15, 0.2) is 24.3 Å². The molecule has 1 aromatic carbocycles. The molecule has 1 aliphatic heterocycles. The van der Waals surface area contributed by atoms with E-state index >= 15 is 0 Å². The van der Waals surface area contributed by atoms with Crippen molar-refractivity contribution in [3.05, 3.63) is 29.8 Å².